The zero-order valence-electron chi connectivity index (χ0n) is 11.8. The quantitative estimate of drug-likeness (QED) is 0.855. The molecule has 0 aliphatic carbocycles. The maximum absolute atomic E-state index is 12.4. The molecule has 2 aromatic rings. The highest BCUT2D eigenvalue weighted by molar-refractivity contribution is 5.92. The van der Waals surface area contributed by atoms with Crippen LogP contribution >= 0.6 is 0 Å². The monoisotopic (exact) mass is 287 g/mol. The van der Waals surface area contributed by atoms with Crippen LogP contribution in [-0.4, -0.2) is 44.1 Å². The number of aryl methyl sites for hydroxylation is 1. The van der Waals surface area contributed by atoms with Gasteiger partial charge in [-0.1, -0.05) is 0 Å². The Balaban J connectivity index is 1.75. The number of amides is 1. The summed E-state index contributed by atoms with van der Waals surface area (Å²) in [5.74, 6) is 0.998. The molecular formula is C14H17N5O2. The minimum atomic E-state index is -0.311. The van der Waals surface area contributed by atoms with Gasteiger partial charge in [-0.2, -0.15) is 5.10 Å². The number of nitrogens with zero attached hydrogens (tertiary/aromatic N) is 3. The molecule has 1 aliphatic rings. The van der Waals surface area contributed by atoms with Crippen molar-refractivity contribution in [1.29, 1.82) is 0 Å². The van der Waals surface area contributed by atoms with E-state index in [-0.39, 0.29) is 23.1 Å². The molecule has 2 N–H and O–H groups in total. The molecule has 110 valence electrons. The minimum absolute atomic E-state index is 0.153. The Morgan fingerprint density at radius 3 is 2.95 bits per heavy atom. The topological polar surface area (TPSA) is 94.7 Å². The Labute approximate surface area is 121 Å². The molecule has 0 spiro atoms. The molecule has 1 amide bonds. The second kappa shape index (κ2) is 5.51. The fourth-order valence-corrected chi connectivity index (χ4v) is 2.65. The summed E-state index contributed by atoms with van der Waals surface area (Å²) in [5, 5.41) is 6.10. The van der Waals surface area contributed by atoms with E-state index in [1.54, 1.807) is 11.1 Å². The maximum Gasteiger partial charge on any atom is 0.274 e. The largest absolute Gasteiger partial charge is 0.346 e. The van der Waals surface area contributed by atoms with Gasteiger partial charge in [-0.05, 0) is 25.8 Å². The van der Waals surface area contributed by atoms with Crippen molar-refractivity contribution < 1.29 is 4.79 Å². The molecule has 0 saturated carbocycles. The Kier molecular flexibility index (Phi) is 3.55. The third-order valence-electron chi connectivity index (χ3n) is 3.72. The summed E-state index contributed by atoms with van der Waals surface area (Å²) in [6, 6.07) is 2.78. The molecule has 1 fully saturated rings. The summed E-state index contributed by atoms with van der Waals surface area (Å²) in [5.41, 5.74) is 0.982. The van der Waals surface area contributed by atoms with Gasteiger partial charge < -0.3 is 9.88 Å². The first-order chi connectivity index (χ1) is 10.1. The van der Waals surface area contributed by atoms with Crippen LogP contribution in [0.2, 0.25) is 0 Å². The van der Waals surface area contributed by atoms with Crippen LogP contribution in [-0.2, 0) is 0 Å². The molecule has 7 nitrogen and oxygen atoms in total. The Bertz CT molecular complexity index is 685. The first-order valence-electron chi connectivity index (χ1n) is 7.00. The van der Waals surface area contributed by atoms with Crippen LogP contribution in [0.4, 0.5) is 0 Å². The highest BCUT2D eigenvalue weighted by Crippen LogP contribution is 2.25. The summed E-state index contributed by atoms with van der Waals surface area (Å²) < 4.78 is 0. The van der Waals surface area contributed by atoms with Crippen molar-refractivity contribution in [3.8, 4) is 0 Å². The second-order valence-electron chi connectivity index (χ2n) is 5.35. The van der Waals surface area contributed by atoms with Gasteiger partial charge >= 0.3 is 0 Å². The van der Waals surface area contributed by atoms with Gasteiger partial charge in [-0.15, -0.1) is 0 Å². The Morgan fingerprint density at radius 1 is 1.43 bits per heavy atom. The number of rotatable bonds is 2. The van der Waals surface area contributed by atoms with Crippen LogP contribution in [0.15, 0.2) is 23.1 Å². The molecule has 0 radical (unpaired) electrons. The number of aromatic nitrogens is 4. The molecule has 0 bridgehead atoms. The number of carbonyl (C=O) groups excluding carboxylic acids is 1. The molecule has 3 heterocycles. The van der Waals surface area contributed by atoms with E-state index in [4.69, 9.17) is 0 Å². The predicted molar refractivity (Wildman–Crippen MR) is 76.1 cm³/mol. The van der Waals surface area contributed by atoms with Crippen LogP contribution in [0.1, 0.15) is 40.8 Å². The molecular weight excluding hydrogens is 270 g/mol. The average molecular weight is 287 g/mol. The van der Waals surface area contributed by atoms with Crippen molar-refractivity contribution >= 4 is 5.91 Å². The maximum atomic E-state index is 12.4. The van der Waals surface area contributed by atoms with E-state index in [2.05, 4.69) is 20.2 Å². The molecule has 2 aromatic heterocycles. The SMILES string of the molecule is Cc1cnc(C2CCCN(C(=O)c3ccc(=O)[nH]n3)C2)[nH]1. The Hall–Kier alpha value is -2.44. The highest BCUT2D eigenvalue weighted by Gasteiger charge is 2.27. The van der Waals surface area contributed by atoms with Crippen LogP contribution in [0.25, 0.3) is 0 Å². The van der Waals surface area contributed by atoms with Crippen molar-refractivity contribution in [2.75, 3.05) is 13.1 Å². The summed E-state index contributed by atoms with van der Waals surface area (Å²) >= 11 is 0. The van der Waals surface area contributed by atoms with Gasteiger partial charge in [0.2, 0.25) is 0 Å². The smallest absolute Gasteiger partial charge is 0.274 e. The summed E-state index contributed by atoms with van der Waals surface area (Å²) in [7, 11) is 0. The normalized spacial score (nSPS) is 18.7. The second-order valence-corrected chi connectivity index (χ2v) is 5.35. The number of nitrogens with one attached hydrogen (secondary N) is 2. The first-order valence-corrected chi connectivity index (χ1v) is 7.00. The van der Waals surface area contributed by atoms with E-state index in [0.717, 1.165) is 24.4 Å². The molecule has 1 atom stereocenters. The molecule has 3 rings (SSSR count). The van der Waals surface area contributed by atoms with Crippen molar-refractivity contribution in [3.63, 3.8) is 0 Å². The zero-order valence-corrected chi connectivity index (χ0v) is 11.8. The van der Waals surface area contributed by atoms with E-state index in [9.17, 15) is 9.59 Å². The number of H-pyrrole nitrogens is 2. The number of aromatic amines is 2. The fraction of sp³-hybridized carbons (Fsp3) is 0.429. The van der Waals surface area contributed by atoms with Gasteiger partial charge in [0, 0.05) is 37.0 Å². The number of hydrogen-bond donors (Lipinski definition) is 2. The summed E-state index contributed by atoms with van der Waals surface area (Å²) in [6.45, 7) is 3.29. The van der Waals surface area contributed by atoms with Crippen molar-refractivity contribution in [2.45, 2.75) is 25.7 Å². The lowest BCUT2D eigenvalue weighted by Gasteiger charge is -2.31. The number of likely N-dealkylation sites (tertiary alicyclic amines) is 1. The lowest BCUT2D eigenvalue weighted by atomic mass is 9.97. The van der Waals surface area contributed by atoms with Crippen molar-refractivity contribution in [3.05, 3.63) is 45.9 Å². The van der Waals surface area contributed by atoms with Crippen LogP contribution in [0.3, 0.4) is 0 Å². The molecule has 1 saturated heterocycles. The van der Waals surface area contributed by atoms with E-state index in [1.807, 2.05) is 6.92 Å². The molecule has 1 unspecified atom stereocenters. The summed E-state index contributed by atoms with van der Waals surface area (Å²) in [6.07, 6.45) is 3.74. The first kappa shape index (κ1) is 13.5. The van der Waals surface area contributed by atoms with Crippen molar-refractivity contribution in [1.82, 2.24) is 25.1 Å². The highest BCUT2D eigenvalue weighted by atomic mass is 16.2. The third kappa shape index (κ3) is 2.86. The standard InChI is InChI=1S/C14H17N5O2/c1-9-7-15-13(16-9)10-3-2-6-19(8-10)14(21)11-4-5-12(20)18-17-11/h4-5,7,10H,2-3,6,8H2,1H3,(H,15,16)(H,18,20). The zero-order chi connectivity index (χ0) is 14.8. The van der Waals surface area contributed by atoms with Gasteiger partial charge in [-0.25, -0.2) is 10.1 Å². The van der Waals surface area contributed by atoms with E-state index < -0.39 is 0 Å². The van der Waals surface area contributed by atoms with Crippen LogP contribution in [0, 0.1) is 6.92 Å². The Morgan fingerprint density at radius 2 is 2.29 bits per heavy atom. The predicted octanol–water partition coefficient (Wildman–Crippen LogP) is 0.821. The van der Waals surface area contributed by atoms with Crippen LogP contribution < -0.4 is 5.56 Å². The summed E-state index contributed by atoms with van der Waals surface area (Å²) in [4.78, 5) is 32.8. The van der Waals surface area contributed by atoms with Gasteiger partial charge in [0.25, 0.3) is 11.5 Å². The average Bonchev–Trinajstić information content (AvgIpc) is 2.94. The molecule has 7 heteroatoms. The van der Waals surface area contributed by atoms with Gasteiger partial charge in [0.15, 0.2) is 0 Å². The molecule has 21 heavy (non-hydrogen) atoms. The van der Waals surface area contributed by atoms with Crippen molar-refractivity contribution in [2.24, 2.45) is 0 Å². The van der Waals surface area contributed by atoms with E-state index in [0.29, 0.717) is 13.1 Å². The molecule has 1 aliphatic heterocycles. The number of carbonyl (C=O) groups is 1. The van der Waals surface area contributed by atoms with E-state index in [1.165, 1.54) is 12.1 Å². The van der Waals surface area contributed by atoms with E-state index >= 15 is 0 Å². The lowest BCUT2D eigenvalue weighted by molar-refractivity contribution is 0.0697. The molecule has 0 aromatic carbocycles. The lowest BCUT2D eigenvalue weighted by Crippen LogP contribution is -2.40. The third-order valence-corrected chi connectivity index (χ3v) is 3.72. The van der Waals surface area contributed by atoms with Crippen LogP contribution in [0.5, 0.6) is 0 Å². The number of piperidine rings is 1. The number of imidazole rings is 1. The number of hydrogen-bond acceptors (Lipinski definition) is 4. The van der Waals surface area contributed by atoms with Gasteiger partial charge in [0.1, 0.15) is 11.5 Å². The minimum Gasteiger partial charge on any atom is -0.346 e. The van der Waals surface area contributed by atoms with Gasteiger partial charge in [0.05, 0.1) is 0 Å². The fourth-order valence-electron chi connectivity index (χ4n) is 2.65. The van der Waals surface area contributed by atoms with Gasteiger partial charge in [-0.3, -0.25) is 9.59 Å².